The number of benzene rings is 1. The molecular weight excluding hydrogens is 322 g/mol. The van der Waals surface area contributed by atoms with E-state index in [9.17, 15) is 4.79 Å². The second kappa shape index (κ2) is 8.72. The minimum Gasteiger partial charge on any atom is -0.322 e. The lowest BCUT2D eigenvalue weighted by Crippen LogP contribution is -2.50. The number of aryl methyl sites for hydroxylation is 3. The Bertz CT molecular complexity index is 649. The molecule has 26 heavy (non-hydrogen) atoms. The first-order valence-corrected chi connectivity index (χ1v) is 10.1. The number of nitrogens with one attached hydrogen (secondary N) is 1. The van der Waals surface area contributed by atoms with E-state index >= 15 is 0 Å². The summed E-state index contributed by atoms with van der Waals surface area (Å²) in [5, 5.41) is 3.13. The highest BCUT2D eigenvalue weighted by Gasteiger charge is 2.22. The number of nitrogens with zero attached hydrogens (tertiary/aromatic N) is 2. The lowest BCUT2D eigenvalue weighted by Gasteiger charge is -2.35. The number of allylic oxidation sites excluding steroid dienone is 1. The predicted octanol–water partition coefficient (Wildman–Crippen LogP) is 4.65. The van der Waals surface area contributed by atoms with Gasteiger partial charge >= 0.3 is 6.03 Å². The molecule has 0 aromatic heterocycles. The first kappa shape index (κ1) is 19.0. The van der Waals surface area contributed by atoms with Gasteiger partial charge in [0.1, 0.15) is 0 Å². The van der Waals surface area contributed by atoms with Gasteiger partial charge in [0.15, 0.2) is 0 Å². The molecule has 0 bridgehead atoms. The Morgan fingerprint density at radius 2 is 1.73 bits per heavy atom. The van der Waals surface area contributed by atoms with Gasteiger partial charge in [-0.3, -0.25) is 4.90 Å². The van der Waals surface area contributed by atoms with Gasteiger partial charge in [-0.05, 0) is 64.0 Å². The monoisotopic (exact) mass is 355 g/mol. The number of rotatable bonds is 4. The van der Waals surface area contributed by atoms with Crippen LogP contribution in [0.4, 0.5) is 10.5 Å². The predicted molar refractivity (Wildman–Crippen MR) is 109 cm³/mol. The van der Waals surface area contributed by atoms with Gasteiger partial charge in [0, 0.05) is 38.4 Å². The van der Waals surface area contributed by atoms with Crippen molar-refractivity contribution in [2.24, 2.45) is 0 Å². The third-order valence-corrected chi connectivity index (χ3v) is 5.70. The highest BCUT2D eigenvalue weighted by molar-refractivity contribution is 5.91. The molecule has 0 spiro atoms. The molecule has 0 atom stereocenters. The third-order valence-electron chi connectivity index (χ3n) is 5.70. The van der Waals surface area contributed by atoms with E-state index < -0.39 is 0 Å². The van der Waals surface area contributed by atoms with Crippen molar-refractivity contribution >= 4 is 11.7 Å². The topological polar surface area (TPSA) is 35.6 Å². The van der Waals surface area contributed by atoms with Gasteiger partial charge in [0.05, 0.1) is 0 Å². The molecule has 0 saturated carbocycles. The van der Waals surface area contributed by atoms with E-state index in [4.69, 9.17) is 0 Å². The van der Waals surface area contributed by atoms with Gasteiger partial charge in [-0.25, -0.2) is 4.79 Å². The van der Waals surface area contributed by atoms with Crippen LogP contribution in [0.15, 0.2) is 23.8 Å². The minimum atomic E-state index is 0.0368. The molecule has 3 rings (SSSR count). The summed E-state index contributed by atoms with van der Waals surface area (Å²) in [6.45, 7) is 10.9. The fraction of sp³-hybridized carbons (Fsp3) is 0.591. The Hall–Kier alpha value is -1.81. The van der Waals surface area contributed by atoms with Gasteiger partial charge in [-0.2, -0.15) is 0 Å². The van der Waals surface area contributed by atoms with Crippen LogP contribution in [0.25, 0.3) is 0 Å². The maximum absolute atomic E-state index is 12.7. The van der Waals surface area contributed by atoms with Crippen LogP contribution >= 0.6 is 0 Å². The molecule has 2 aliphatic rings. The van der Waals surface area contributed by atoms with Crippen molar-refractivity contribution in [2.45, 2.75) is 52.9 Å². The van der Waals surface area contributed by atoms with Crippen LogP contribution in [-0.2, 0) is 0 Å². The van der Waals surface area contributed by atoms with Crippen molar-refractivity contribution in [3.63, 3.8) is 0 Å². The zero-order chi connectivity index (χ0) is 18.5. The van der Waals surface area contributed by atoms with Crippen LogP contribution in [0.2, 0.25) is 0 Å². The molecule has 1 heterocycles. The number of carbonyl (C=O) groups is 1. The molecule has 4 nitrogen and oxygen atoms in total. The summed E-state index contributed by atoms with van der Waals surface area (Å²) in [5.74, 6) is 0. The largest absolute Gasteiger partial charge is 0.322 e. The summed E-state index contributed by atoms with van der Waals surface area (Å²) >= 11 is 0. The summed E-state index contributed by atoms with van der Waals surface area (Å²) in [7, 11) is 0. The van der Waals surface area contributed by atoms with Crippen LogP contribution in [-0.4, -0.2) is 48.6 Å². The van der Waals surface area contributed by atoms with Crippen molar-refractivity contribution in [1.29, 1.82) is 0 Å². The number of hydrogen-bond acceptors (Lipinski definition) is 2. The maximum atomic E-state index is 12.7. The minimum absolute atomic E-state index is 0.0368. The lowest BCUT2D eigenvalue weighted by atomic mass is 9.97. The van der Waals surface area contributed by atoms with Crippen molar-refractivity contribution in [3.8, 4) is 0 Å². The molecule has 1 saturated heterocycles. The molecule has 4 heteroatoms. The Labute approximate surface area is 158 Å². The molecule has 1 aliphatic heterocycles. The number of hydrogen-bond donors (Lipinski definition) is 1. The SMILES string of the molecule is Cc1cc(C)c(NC(=O)N2CCN(CCC3=CCCCC3)CC2)c(C)c1. The second-order valence-electron chi connectivity index (χ2n) is 7.89. The van der Waals surface area contributed by atoms with Crippen LogP contribution in [0.1, 0.15) is 48.8 Å². The lowest BCUT2D eigenvalue weighted by molar-refractivity contribution is 0.148. The number of anilines is 1. The van der Waals surface area contributed by atoms with Crippen LogP contribution < -0.4 is 5.32 Å². The molecule has 1 N–H and O–H groups in total. The summed E-state index contributed by atoms with van der Waals surface area (Å²) < 4.78 is 0. The zero-order valence-corrected chi connectivity index (χ0v) is 16.6. The van der Waals surface area contributed by atoms with Crippen molar-refractivity contribution in [1.82, 2.24) is 9.80 Å². The van der Waals surface area contributed by atoms with E-state index in [1.165, 1.54) is 37.7 Å². The first-order chi connectivity index (χ1) is 12.5. The van der Waals surface area contributed by atoms with Crippen molar-refractivity contribution < 1.29 is 4.79 Å². The van der Waals surface area contributed by atoms with Gasteiger partial charge in [-0.15, -0.1) is 0 Å². The Morgan fingerprint density at radius 3 is 2.35 bits per heavy atom. The fourth-order valence-corrected chi connectivity index (χ4v) is 4.17. The summed E-state index contributed by atoms with van der Waals surface area (Å²) in [5.41, 5.74) is 6.11. The summed E-state index contributed by atoms with van der Waals surface area (Å²) in [6, 6.07) is 4.29. The molecular formula is C22H33N3O. The highest BCUT2D eigenvalue weighted by Crippen LogP contribution is 2.23. The Kier molecular flexibility index (Phi) is 6.36. The standard InChI is InChI=1S/C22H33N3O/c1-17-15-18(2)21(19(3)16-17)23-22(26)25-13-11-24(12-14-25)10-9-20-7-5-4-6-8-20/h7,15-16H,4-6,8-14H2,1-3H3,(H,23,26). The number of piperazine rings is 1. The Morgan fingerprint density at radius 1 is 1.04 bits per heavy atom. The summed E-state index contributed by atoms with van der Waals surface area (Å²) in [6.07, 6.45) is 8.92. The van der Waals surface area contributed by atoms with E-state index in [1.807, 2.05) is 4.90 Å². The molecule has 142 valence electrons. The molecule has 1 aliphatic carbocycles. The fourth-order valence-electron chi connectivity index (χ4n) is 4.17. The van der Waals surface area contributed by atoms with Crippen LogP contribution in [0, 0.1) is 20.8 Å². The zero-order valence-electron chi connectivity index (χ0n) is 16.6. The quantitative estimate of drug-likeness (QED) is 0.798. The normalized spacial score (nSPS) is 18.6. The van der Waals surface area contributed by atoms with E-state index in [-0.39, 0.29) is 6.03 Å². The molecule has 1 fully saturated rings. The van der Waals surface area contributed by atoms with Crippen LogP contribution in [0.3, 0.4) is 0 Å². The first-order valence-electron chi connectivity index (χ1n) is 10.1. The number of urea groups is 1. The van der Waals surface area contributed by atoms with Gasteiger partial charge in [0.25, 0.3) is 0 Å². The second-order valence-corrected chi connectivity index (χ2v) is 7.89. The van der Waals surface area contributed by atoms with E-state index in [1.54, 1.807) is 5.57 Å². The van der Waals surface area contributed by atoms with E-state index in [0.29, 0.717) is 0 Å². The molecule has 0 unspecified atom stereocenters. The molecule has 2 amide bonds. The average molecular weight is 356 g/mol. The average Bonchev–Trinajstić information content (AvgIpc) is 2.64. The Balaban J connectivity index is 1.47. The van der Waals surface area contributed by atoms with Gasteiger partial charge in [0.2, 0.25) is 0 Å². The van der Waals surface area contributed by atoms with Gasteiger partial charge < -0.3 is 10.2 Å². The van der Waals surface area contributed by atoms with Gasteiger partial charge in [-0.1, -0.05) is 29.3 Å². The van der Waals surface area contributed by atoms with E-state index in [2.05, 4.69) is 49.2 Å². The summed E-state index contributed by atoms with van der Waals surface area (Å²) in [4.78, 5) is 17.1. The van der Waals surface area contributed by atoms with E-state index in [0.717, 1.165) is 49.5 Å². The number of amides is 2. The third kappa shape index (κ3) is 4.88. The smallest absolute Gasteiger partial charge is 0.321 e. The van der Waals surface area contributed by atoms with Crippen LogP contribution in [0.5, 0.6) is 0 Å². The van der Waals surface area contributed by atoms with Crippen molar-refractivity contribution in [3.05, 3.63) is 40.5 Å². The molecule has 1 aromatic rings. The number of carbonyl (C=O) groups excluding carboxylic acids is 1. The molecule has 0 radical (unpaired) electrons. The highest BCUT2D eigenvalue weighted by atomic mass is 16.2. The van der Waals surface area contributed by atoms with Crippen molar-refractivity contribution in [2.75, 3.05) is 38.0 Å². The molecule has 1 aromatic carbocycles. The maximum Gasteiger partial charge on any atom is 0.321 e.